The van der Waals surface area contributed by atoms with E-state index >= 15 is 0 Å². The summed E-state index contributed by atoms with van der Waals surface area (Å²) in [4.78, 5) is 28.0. The van der Waals surface area contributed by atoms with Crippen LogP contribution >= 0.6 is 21.7 Å². The fourth-order valence-corrected chi connectivity index (χ4v) is 4.49. The smallest absolute Gasteiger partial charge is 0 e. The van der Waals surface area contributed by atoms with Crippen LogP contribution in [0.3, 0.4) is 0 Å². The second-order valence-corrected chi connectivity index (χ2v) is 8.61. The van der Waals surface area contributed by atoms with Crippen LogP contribution < -0.4 is 0 Å². The van der Waals surface area contributed by atoms with E-state index in [1.54, 1.807) is 0 Å². The van der Waals surface area contributed by atoms with Crippen molar-refractivity contribution in [1.82, 2.24) is 9.80 Å². The first kappa shape index (κ1) is 44.1. The Balaban J connectivity index is 0. The van der Waals surface area contributed by atoms with Crippen molar-refractivity contribution in [3.05, 3.63) is 150 Å². The summed E-state index contributed by atoms with van der Waals surface area (Å²) in [5.74, 6) is 0.286. The number of fused-ring (bicyclic) bond motifs is 2. The predicted octanol–water partition coefficient (Wildman–Crippen LogP) is 9.73. The van der Waals surface area contributed by atoms with E-state index in [0.717, 1.165) is 35.3 Å². The summed E-state index contributed by atoms with van der Waals surface area (Å²) in [5, 5.41) is 0. The van der Waals surface area contributed by atoms with Crippen LogP contribution in [-0.4, -0.2) is 28.0 Å². The number of nitrogens with zero attached hydrogens (tertiary/aromatic N) is 2. The molecule has 44 heavy (non-hydrogen) atoms. The summed E-state index contributed by atoms with van der Waals surface area (Å²) in [6, 6.07) is 35.9. The first-order valence-electron chi connectivity index (χ1n) is 14.0. The van der Waals surface area contributed by atoms with Gasteiger partial charge in [-0.25, -0.2) is 0 Å². The Morgan fingerprint density at radius 1 is 0.545 bits per heavy atom. The van der Waals surface area contributed by atoms with Crippen LogP contribution in [-0.2, 0) is 74.0 Å². The Hall–Kier alpha value is -1.98. The van der Waals surface area contributed by atoms with Crippen LogP contribution in [0.4, 0.5) is 0 Å². The van der Waals surface area contributed by atoms with Gasteiger partial charge in [0.1, 0.15) is 0 Å². The molecule has 8 heteroatoms. The molecule has 0 aromatic heterocycles. The number of alkyl halides is 1. The van der Waals surface area contributed by atoms with Crippen molar-refractivity contribution < 1.29 is 57.4 Å². The van der Waals surface area contributed by atoms with E-state index in [1.165, 1.54) is 17.5 Å². The second-order valence-electron chi connectivity index (χ2n) is 8.61. The maximum Gasteiger partial charge on any atom is 0 e. The number of rotatable bonds is 4. The van der Waals surface area contributed by atoms with Gasteiger partial charge in [-0.2, -0.15) is 0 Å². The van der Waals surface area contributed by atoms with Crippen LogP contribution in [0, 0.1) is 7.43 Å². The van der Waals surface area contributed by atoms with E-state index in [0.29, 0.717) is 13.1 Å². The molecular formula is C36H44Cl2CuN2O2Y-. The number of carbonyl (C=O) groups excluding carboxylic acids is 2. The summed E-state index contributed by atoms with van der Waals surface area (Å²) in [6.07, 6.45) is 1.47. The third kappa shape index (κ3) is 13.2. The van der Waals surface area contributed by atoms with Gasteiger partial charge in [-0.1, -0.05) is 125 Å². The SMILES string of the molecule is CC.CC.CCl.O=C1c2ccccc2CN1Cc1ccccc1.O=C1c2ccccc2CN1Cc1ccccc1.[CH3-].[Cl][Cu].[Y]. The fraction of sp³-hybridized carbons (Fsp3) is 0.250. The molecule has 0 N–H and O–H groups in total. The molecule has 0 fully saturated rings. The molecule has 0 unspecified atom stereocenters. The van der Waals surface area contributed by atoms with Gasteiger partial charge in [0, 0.05) is 76.4 Å². The minimum atomic E-state index is 0. The Labute approximate surface area is 308 Å². The quantitative estimate of drug-likeness (QED) is 0.118. The van der Waals surface area contributed by atoms with Gasteiger partial charge in [-0.05, 0) is 34.4 Å². The van der Waals surface area contributed by atoms with Gasteiger partial charge in [0.2, 0.25) is 0 Å². The molecule has 1 radical (unpaired) electrons. The molecule has 0 spiro atoms. The molecule has 2 heterocycles. The maximum atomic E-state index is 12.1. The average molecular weight is 760 g/mol. The molecule has 0 aliphatic carbocycles. The molecule has 0 bridgehead atoms. The maximum absolute atomic E-state index is 12.1. The van der Waals surface area contributed by atoms with Gasteiger partial charge in [0.05, 0.1) is 0 Å². The van der Waals surface area contributed by atoms with E-state index in [-0.39, 0.29) is 52.0 Å². The van der Waals surface area contributed by atoms with Gasteiger partial charge >= 0.3 is 25.2 Å². The Kier molecular flexibility index (Phi) is 26.4. The minimum Gasteiger partial charge on any atom is 0 e. The van der Waals surface area contributed by atoms with E-state index in [4.69, 9.17) is 0 Å². The fourth-order valence-electron chi connectivity index (χ4n) is 4.49. The van der Waals surface area contributed by atoms with E-state index < -0.39 is 0 Å². The van der Waals surface area contributed by atoms with Crippen LogP contribution in [0.25, 0.3) is 0 Å². The van der Waals surface area contributed by atoms with Crippen molar-refractivity contribution in [2.75, 3.05) is 6.38 Å². The van der Waals surface area contributed by atoms with Gasteiger partial charge in [-0.15, -0.1) is 11.6 Å². The summed E-state index contributed by atoms with van der Waals surface area (Å²) in [5.41, 5.74) is 6.32. The molecule has 0 saturated carbocycles. The topological polar surface area (TPSA) is 40.6 Å². The zero-order valence-corrected chi connectivity index (χ0v) is 31.9. The Morgan fingerprint density at radius 3 is 1.11 bits per heavy atom. The molecule has 239 valence electrons. The summed E-state index contributed by atoms with van der Waals surface area (Å²) in [6.45, 7) is 10.8. The largest absolute Gasteiger partial charge is 0 e. The normalized spacial score (nSPS) is 11.3. The molecule has 4 aromatic rings. The third-order valence-corrected chi connectivity index (χ3v) is 6.22. The minimum absolute atomic E-state index is 0. The summed E-state index contributed by atoms with van der Waals surface area (Å²) >= 11 is 8.30. The molecule has 0 atom stereocenters. The molecule has 2 amide bonds. The van der Waals surface area contributed by atoms with Crippen molar-refractivity contribution in [3.8, 4) is 0 Å². The molecule has 0 saturated heterocycles. The number of benzene rings is 4. The first-order chi connectivity index (χ1) is 20.7. The zero-order chi connectivity index (χ0) is 31.3. The van der Waals surface area contributed by atoms with E-state index in [2.05, 4.69) is 61.1 Å². The molecule has 2 aliphatic rings. The van der Waals surface area contributed by atoms with E-state index in [1.807, 2.05) is 122 Å². The number of halogens is 2. The zero-order valence-electron chi connectivity index (χ0n) is 26.6. The summed E-state index contributed by atoms with van der Waals surface area (Å²) in [7, 11) is 4.20. The monoisotopic (exact) mass is 758 g/mol. The standard InChI is InChI=1S/2C15H13NO.2C2H6.CH3Cl.CH3.ClH.Cu.Y/c2*17-15-14-9-5-4-8-13(14)11-16(15)10-12-6-2-1-3-7-12;3*1-2;;;;/h2*1-9H,10-11H2;2*1-2H3;1H3;1H3;1H;;/q;;;;;-1;;+1;/p-1. The van der Waals surface area contributed by atoms with Crippen molar-refractivity contribution >= 4 is 33.5 Å². The van der Waals surface area contributed by atoms with Crippen LogP contribution in [0.1, 0.15) is 70.7 Å². The van der Waals surface area contributed by atoms with Crippen LogP contribution in [0.2, 0.25) is 0 Å². The average Bonchev–Trinajstić information content (AvgIpc) is 3.57. The second kappa shape index (κ2) is 26.3. The van der Waals surface area contributed by atoms with Crippen molar-refractivity contribution in [2.45, 2.75) is 53.9 Å². The van der Waals surface area contributed by atoms with Crippen molar-refractivity contribution in [3.63, 3.8) is 0 Å². The van der Waals surface area contributed by atoms with Crippen molar-refractivity contribution in [2.24, 2.45) is 0 Å². The van der Waals surface area contributed by atoms with E-state index in [9.17, 15) is 9.59 Å². The predicted molar refractivity (Wildman–Crippen MR) is 180 cm³/mol. The third-order valence-electron chi connectivity index (χ3n) is 6.22. The van der Waals surface area contributed by atoms with Gasteiger partial charge < -0.3 is 17.2 Å². The molecule has 4 nitrogen and oxygen atoms in total. The number of amides is 2. The Morgan fingerprint density at radius 2 is 0.818 bits per heavy atom. The number of carbonyl (C=O) groups is 2. The first-order valence-corrected chi connectivity index (χ1v) is 16.1. The summed E-state index contributed by atoms with van der Waals surface area (Å²) < 4.78 is 0. The molecule has 6 rings (SSSR count). The number of hydrogen-bond acceptors (Lipinski definition) is 2. The van der Waals surface area contributed by atoms with Gasteiger partial charge in [-0.3, -0.25) is 9.59 Å². The van der Waals surface area contributed by atoms with Crippen LogP contribution in [0.5, 0.6) is 0 Å². The molecule has 4 aromatic carbocycles. The Bertz CT molecular complexity index is 1230. The van der Waals surface area contributed by atoms with Crippen molar-refractivity contribution in [1.29, 1.82) is 0 Å². The van der Waals surface area contributed by atoms with Crippen LogP contribution in [0.15, 0.2) is 109 Å². The number of hydrogen-bond donors (Lipinski definition) is 0. The molecular weight excluding hydrogens is 716 g/mol. The van der Waals surface area contributed by atoms with Gasteiger partial charge in [0.25, 0.3) is 11.8 Å². The van der Waals surface area contributed by atoms with Gasteiger partial charge in [0.15, 0.2) is 0 Å². The molecule has 2 aliphatic heterocycles.